The van der Waals surface area contributed by atoms with Gasteiger partial charge in [-0.15, -0.1) is 0 Å². The van der Waals surface area contributed by atoms with Crippen molar-refractivity contribution in [2.75, 3.05) is 19.6 Å². The van der Waals surface area contributed by atoms with Crippen molar-refractivity contribution in [3.05, 3.63) is 0 Å². The van der Waals surface area contributed by atoms with E-state index in [2.05, 4.69) is 4.90 Å². The summed E-state index contributed by atoms with van der Waals surface area (Å²) < 4.78 is 26.4. The summed E-state index contributed by atoms with van der Waals surface area (Å²) in [5.74, 6) is -2.64. The molecule has 0 aromatic rings. The van der Waals surface area contributed by atoms with E-state index >= 15 is 0 Å². The molecule has 0 radical (unpaired) electrons. The molecule has 1 saturated heterocycles. The van der Waals surface area contributed by atoms with Crippen LogP contribution >= 0.6 is 0 Å². The Morgan fingerprint density at radius 2 is 1.93 bits per heavy atom. The number of nitrogens with zero attached hydrogens (tertiary/aromatic N) is 1. The van der Waals surface area contributed by atoms with Crippen molar-refractivity contribution in [2.45, 2.75) is 39.2 Å². The SMILES string of the molecule is CC(F)(F)C(C)(C)CN1CCC1CN. The molecule has 2 N–H and O–H groups in total. The van der Waals surface area contributed by atoms with Gasteiger partial charge in [0.15, 0.2) is 0 Å². The van der Waals surface area contributed by atoms with Gasteiger partial charge in [-0.2, -0.15) is 0 Å². The maximum atomic E-state index is 13.2. The minimum atomic E-state index is -2.64. The third-order valence-electron chi connectivity index (χ3n) is 3.32. The Balaban J connectivity index is 2.51. The van der Waals surface area contributed by atoms with Crippen LogP contribution in [-0.2, 0) is 0 Å². The molecule has 2 nitrogen and oxygen atoms in total. The van der Waals surface area contributed by atoms with Crippen LogP contribution in [0.15, 0.2) is 0 Å². The molecule has 84 valence electrons. The first-order valence-electron chi connectivity index (χ1n) is 5.10. The molecular formula is C10H20F2N2. The number of rotatable bonds is 4. The number of hydrogen-bond acceptors (Lipinski definition) is 2. The van der Waals surface area contributed by atoms with E-state index in [9.17, 15) is 8.78 Å². The first kappa shape index (κ1) is 11.9. The molecule has 1 unspecified atom stereocenters. The van der Waals surface area contributed by atoms with Crippen LogP contribution in [0.4, 0.5) is 8.78 Å². The molecule has 0 saturated carbocycles. The molecule has 0 aliphatic carbocycles. The maximum absolute atomic E-state index is 13.2. The van der Waals surface area contributed by atoms with Gasteiger partial charge in [-0.25, -0.2) is 8.78 Å². The van der Waals surface area contributed by atoms with Crippen molar-refractivity contribution in [1.29, 1.82) is 0 Å². The van der Waals surface area contributed by atoms with E-state index in [1.54, 1.807) is 13.8 Å². The minimum Gasteiger partial charge on any atom is -0.329 e. The zero-order chi connectivity index (χ0) is 11.0. The highest BCUT2D eigenvalue weighted by molar-refractivity contribution is 4.91. The largest absolute Gasteiger partial charge is 0.329 e. The van der Waals surface area contributed by atoms with Gasteiger partial charge in [-0.1, -0.05) is 13.8 Å². The molecule has 1 aliphatic rings. The molecule has 1 atom stereocenters. The normalized spacial score (nSPS) is 24.9. The number of likely N-dealkylation sites (tertiary alicyclic amines) is 1. The topological polar surface area (TPSA) is 29.3 Å². The fourth-order valence-corrected chi connectivity index (χ4v) is 1.62. The van der Waals surface area contributed by atoms with Crippen molar-refractivity contribution in [3.63, 3.8) is 0 Å². The molecule has 0 amide bonds. The summed E-state index contributed by atoms with van der Waals surface area (Å²) >= 11 is 0. The predicted octanol–water partition coefficient (Wildman–Crippen LogP) is 1.70. The standard InChI is InChI=1S/C10H20F2N2/c1-9(2,10(3,11)12)7-14-5-4-8(14)6-13/h8H,4-7,13H2,1-3H3. The lowest BCUT2D eigenvalue weighted by Crippen LogP contribution is -2.56. The lowest BCUT2D eigenvalue weighted by atomic mass is 9.84. The summed E-state index contributed by atoms with van der Waals surface area (Å²) in [6.07, 6.45) is 1.04. The van der Waals surface area contributed by atoms with Crippen LogP contribution in [0.3, 0.4) is 0 Å². The highest BCUT2D eigenvalue weighted by Gasteiger charge is 2.45. The van der Waals surface area contributed by atoms with Crippen molar-refractivity contribution in [1.82, 2.24) is 4.90 Å². The Morgan fingerprint density at radius 3 is 2.21 bits per heavy atom. The molecule has 4 heteroatoms. The molecule has 0 spiro atoms. The average molecular weight is 206 g/mol. The summed E-state index contributed by atoms with van der Waals surface area (Å²) in [7, 11) is 0. The zero-order valence-electron chi connectivity index (χ0n) is 9.19. The molecule has 0 aromatic heterocycles. The van der Waals surface area contributed by atoms with Gasteiger partial charge in [0.2, 0.25) is 0 Å². The van der Waals surface area contributed by atoms with E-state index in [4.69, 9.17) is 5.73 Å². The second-order valence-corrected chi connectivity index (χ2v) is 4.92. The van der Waals surface area contributed by atoms with Crippen molar-refractivity contribution < 1.29 is 8.78 Å². The second-order valence-electron chi connectivity index (χ2n) is 4.92. The summed E-state index contributed by atoms with van der Waals surface area (Å²) in [4.78, 5) is 2.05. The zero-order valence-corrected chi connectivity index (χ0v) is 9.19. The van der Waals surface area contributed by atoms with Crippen molar-refractivity contribution >= 4 is 0 Å². The maximum Gasteiger partial charge on any atom is 0.251 e. The van der Waals surface area contributed by atoms with Gasteiger partial charge < -0.3 is 5.73 Å². The first-order chi connectivity index (χ1) is 6.28. The van der Waals surface area contributed by atoms with Crippen LogP contribution < -0.4 is 5.73 Å². The third kappa shape index (κ3) is 2.23. The van der Waals surface area contributed by atoms with Crippen molar-refractivity contribution in [3.8, 4) is 0 Å². The lowest BCUT2D eigenvalue weighted by Gasteiger charge is -2.46. The summed E-state index contributed by atoms with van der Waals surface area (Å²) in [6, 6.07) is 0.316. The van der Waals surface area contributed by atoms with Crippen LogP contribution in [-0.4, -0.2) is 36.5 Å². The average Bonchev–Trinajstić information content (AvgIpc) is 1.97. The minimum absolute atomic E-state index is 0.316. The number of hydrogen-bond donors (Lipinski definition) is 1. The fraction of sp³-hybridized carbons (Fsp3) is 1.00. The van der Waals surface area contributed by atoms with E-state index in [1.807, 2.05) is 0 Å². The van der Waals surface area contributed by atoms with Crippen LogP contribution in [0.1, 0.15) is 27.2 Å². The molecular weight excluding hydrogens is 186 g/mol. The lowest BCUT2D eigenvalue weighted by molar-refractivity contribution is -0.113. The Kier molecular flexibility index (Phi) is 3.17. The van der Waals surface area contributed by atoms with Gasteiger partial charge >= 0.3 is 0 Å². The van der Waals surface area contributed by atoms with Crippen LogP contribution in [0.2, 0.25) is 0 Å². The van der Waals surface area contributed by atoms with Crippen molar-refractivity contribution in [2.24, 2.45) is 11.1 Å². The summed E-state index contributed by atoms with van der Waals surface area (Å²) in [5, 5.41) is 0. The third-order valence-corrected chi connectivity index (χ3v) is 3.32. The highest BCUT2D eigenvalue weighted by atomic mass is 19.3. The second kappa shape index (κ2) is 3.74. The van der Waals surface area contributed by atoms with Crippen LogP contribution in [0.5, 0.6) is 0 Å². The van der Waals surface area contributed by atoms with E-state index < -0.39 is 11.3 Å². The quantitative estimate of drug-likeness (QED) is 0.758. The van der Waals surface area contributed by atoms with Crippen LogP contribution in [0, 0.1) is 5.41 Å². The Morgan fingerprint density at radius 1 is 1.36 bits per heavy atom. The van der Waals surface area contributed by atoms with E-state index in [0.29, 0.717) is 19.1 Å². The Hall–Kier alpha value is -0.220. The van der Waals surface area contributed by atoms with E-state index in [1.165, 1.54) is 0 Å². The molecule has 1 rings (SSSR count). The van der Waals surface area contributed by atoms with Gasteiger partial charge in [0.05, 0.1) is 0 Å². The molecule has 1 heterocycles. The molecule has 0 aromatic carbocycles. The summed E-state index contributed by atoms with van der Waals surface area (Å²) in [6.45, 7) is 6.12. The van der Waals surface area contributed by atoms with Gasteiger partial charge in [-0.05, 0) is 13.3 Å². The molecule has 1 fully saturated rings. The summed E-state index contributed by atoms with van der Waals surface area (Å²) in [5.41, 5.74) is 4.55. The van der Waals surface area contributed by atoms with Gasteiger partial charge in [0.1, 0.15) is 0 Å². The molecule has 14 heavy (non-hydrogen) atoms. The fourth-order valence-electron chi connectivity index (χ4n) is 1.62. The van der Waals surface area contributed by atoms with Gasteiger partial charge in [-0.3, -0.25) is 4.90 Å². The Labute approximate surface area is 84.4 Å². The Bertz CT molecular complexity index is 197. The van der Waals surface area contributed by atoms with E-state index in [0.717, 1.165) is 19.9 Å². The highest BCUT2D eigenvalue weighted by Crippen LogP contribution is 2.38. The number of halogens is 2. The number of alkyl halides is 2. The number of nitrogens with two attached hydrogens (primary N) is 1. The molecule has 1 aliphatic heterocycles. The van der Waals surface area contributed by atoms with Crippen LogP contribution in [0.25, 0.3) is 0 Å². The predicted molar refractivity (Wildman–Crippen MR) is 53.4 cm³/mol. The first-order valence-corrected chi connectivity index (χ1v) is 5.10. The molecule has 0 bridgehead atoms. The monoisotopic (exact) mass is 206 g/mol. The van der Waals surface area contributed by atoms with E-state index in [-0.39, 0.29) is 0 Å². The smallest absolute Gasteiger partial charge is 0.251 e. The van der Waals surface area contributed by atoms with Gasteiger partial charge in [0.25, 0.3) is 5.92 Å². The van der Waals surface area contributed by atoms with Gasteiger partial charge in [0, 0.05) is 31.1 Å².